The summed E-state index contributed by atoms with van der Waals surface area (Å²) in [6.07, 6.45) is -3.92. The highest BCUT2D eigenvalue weighted by atomic mass is 19.4. The predicted molar refractivity (Wildman–Crippen MR) is 77.5 cm³/mol. The molecule has 6 nitrogen and oxygen atoms in total. The van der Waals surface area contributed by atoms with Gasteiger partial charge in [-0.05, 0) is 12.1 Å². The largest absolute Gasteiger partial charge is 0.469 e. The lowest BCUT2D eigenvalue weighted by Crippen LogP contribution is -2.28. The Balaban J connectivity index is 2.26. The molecule has 1 heterocycles. The Hall–Kier alpha value is -2.84. The van der Waals surface area contributed by atoms with E-state index in [-0.39, 0.29) is 13.0 Å². The molecule has 128 valence electrons. The van der Waals surface area contributed by atoms with Crippen molar-refractivity contribution < 1.29 is 27.5 Å². The molecule has 0 atom stereocenters. The predicted octanol–water partition coefficient (Wildman–Crippen LogP) is 2.18. The number of aromatic nitrogens is 2. The van der Waals surface area contributed by atoms with E-state index in [0.717, 1.165) is 10.9 Å². The van der Waals surface area contributed by atoms with Gasteiger partial charge < -0.3 is 10.1 Å². The summed E-state index contributed by atoms with van der Waals surface area (Å²) in [6, 6.07) is 8.11. The van der Waals surface area contributed by atoms with Gasteiger partial charge in [0.05, 0.1) is 24.8 Å². The number of hydrogen-bond acceptors (Lipinski definition) is 4. The molecule has 0 bridgehead atoms. The molecule has 1 amide bonds. The number of para-hydroxylation sites is 1. The van der Waals surface area contributed by atoms with Gasteiger partial charge in [0.25, 0.3) is 5.91 Å². The fourth-order valence-electron chi connectivity index (χ4n) is 1.94. The second-order valence-electron chi connectivity index (χ2n) is 4.75. The van der Waals surface area contributed by atoms with Crippen LogP contribution in [0.5, 0.6) is 0 Å². The second kappa shape index (κ2) is 7.16. The van der Waals surface area contributed by atoms with E-state index in [1.54, 1.807) is 30.3 Å². The molecule has 2 aromatic rings. The summed E-state index contributed by atoms with van der Waals surface area (Å²) in [5.74, 6) is -1.54. The summed E-state index contributed by atoms with van der Waals surface area (Å²) < 4.78 is 44.7. The molecule has 0 aliphatic heterocycles. The molecule has 0 saturated carbocycles. The van der Waals surface area contributed by atoms with Crippen LogP contribution in [-0.4, -0.2) is 35.3 Å². The first-order chi connectivity index (χ1) is 11.3. The molecule has 24 heavy (non-hydrogen) atoms. The first kappa shape index (κ1) is 17.5. The maximum Gasteiger partial charge on any atom is 0.435 e. The number of carbonyl (C=O) groups excluding carboxylic acids is 2. The molecule has 1 aromatic heterocycles. The van der Waals surface area contributed by atoms with Crippen molar-refractivity contribution in [2.45, 2.75) is 12.6 Å². The number of methoxy groups -OCH3 is 1. The van der Waals surface area contributed by atoms with E-state index in [0.29, 0.717) is 5.69 Å². The van der Waals surface area contributed by atoms with E-state index in [1.165, 1.54) is 7.11 Å². The van der Waals surface area contributed by atoms with Crippen LogP contribution in [0, 0.1) is 0 Å². The molecular weight excluding hydrogens is 327 g/mol. The van der Waals surface area contributed by atoms with Crippen LogP contribution in [0.2, 0.25) is 0 Å². The number of nitrogens with zero attached hydrogens (tertiary/aromatic N) is 2. The van der Waals surface area contributed by atoms with Crippen LogP contribution in [0.3, 0.4) is 0 Å². The highest BCUT2D eigenvalue weighted by Gasteiger charge is 2.39. The summed E-state index contributed by atoms with van der Waals surface area (Å²) in [5.41, 5.74) is -1.52. The van der Waals surface area contributed by atoms with Crippen LogP contribution in [0.4, 0.5) is 13.2 Å². The van der Waals surface area contributed by atoms with Crippen molar-refractivity contribution >= 4 is 11.9 Å². The number of amides is 1. The van der Waals surface area contributed by atoms with Crippen molar-refractivity contribution in [3.05, 3.63) is 47.8 Å². The number of hydrogen-bond donors (Lipinski definition) is 1. The Morgan fingerprint density at radius 3 is 2.50 bits per heavy atom. The number of ether oxygens (including phenoxy) is 1. The van der Waals surface area contributed by atoms with E-state index in [2.05, 4.69) is 15.2 Å². The minimum atomic E-state index is -4.78. The third kappa shape index (κ3) is 4.12. The first-order valence-corrected chi connectivity index (χ1v) is 6.90. The monoisotopic (exact) mass is 341 g/mol. The Bertz CT molecular complexity index is 727. The SMILES string of the molecule is COC(=O)CCNC(=O)c1cn(-c2ccccc2)nc1C(F)(F)F. The van der Waals surface area contributed by atoms with Crippen molar-refractivity contribution in [1.82, 2.24) is 15.1 Å². The van der Waals surface area contributed by atoms with Gasteiger partial charge in [-0.2, -0.15) is 18.3 Å². The summed E-state index contributed by atoms with van der Waals surface area (Å²) in [7, 11) is 1.18. The van der Waals surface area contributed by atoms with Gasteiger partial charge in [-0.15, -0.1) is 0 Å². The fraction of sp³-hybridized carbons (Fsp3) is 0.267. The smallest absolute Gasteiger partial charge is 0.435 e. The van der Waals surface area contributed by atoms with Crippen LogP contribution in [-0.2, 0) is 15.7 Å². The maximum atomic E-state index is 13.1. The molecule has 0 aliphatic carbocycles. The van der Waals surface area contributed by atoms with Crippen LogP contribution < -0.4 is 5.32 Å². The van der Waals surface area contributed by atoms with E-state index in [9.17, 15) is 22.8 Å². The van der Waals surface area contributed by atoms with Gasteiger partial charge in [0.2, 0.25) is 0 Å². The molecule has 0 radical (unpaired) electrons. The van der Waals surface area contributed by atoms with Gasteiger partial charge >= 0.3 is 12.1 Å². The topological polar surface area (TPSA) is 73.2 Å². The normalized spacial score (nSPS) is 11.2. The van der Waals surface area contributed by atoms with Crippen LogP contribution in [0.1, 0.15) is 22.5 Å². The molecule has 0 unspecified atom stereocenters. The van der Waals surface area contributed by atoms with Crippen LogP contribution in [0.15, 0.2) is 36.5 Å². The van der Waals surface area contributed by atoms with Crippen molar-refractivity contribution in [3.8, 4) is 5.69 Å². The number of benzene rings is 1. The Kier molecular flexibility index (Phi) is 5.22. The Morgan fingerprint density at radius 2 is 1.92 bits per heavy atom. The van der Waals surface area contributed by atoms with Crippen molar-refractivity contribution in [2.24, 2.45) is 0 Å². The number of alkyl halides is 3. The molecule has 0 saturated heterocycles. The molecule has 9 heteroatoms. The van der Waals surface area contributed by atoms with Crippen molar-refractivity contribution in [1.29, 1.82) is 0 Å². The lowest BCUT2D eigenvalue weighted by atomic mass is 10.2. The van der Waals surface area contributed by atoms with Crippen LogP contribution >= 0.6 is 0 Å². The fourth-order valence-corrected chi connectivity index (χ4v) is 1.94. The zero-order valence-corrected chi connectivity index (χ0v) is 12.6. The standard InChI is InChI=1S/C15H14F3N3O3/c1-24-12(22)7-8-19-14(23)11-9-21(10-5-3-2-4-6-10)20-13(11)15(16,17)18/h2-6,9H,7-8H2,1H3,(H,19,23). The number of carbonyl (C=O) groups is 2. The Morgan fingerprint density at radius 1 is 1.25 bits per heavy atom. The average Bonchev–Trinajstić information content (AvgIpc) is 3.01. The van der Waals surface area contributed by atoms with Gasteiger partial charge in [0, 0.05) is 12.7 Å². The molecule has 0 spiro atoms. The van der Waals surface area contributed by atoms with Gasteiger partial charge in [-0.3, -0.25) is 9.59 Å². The maximum absolute atomic E-state index is 13.1. The van der Waals surface area contributed by atoms with E-state index in [4.69, 9.17) is 0 Å². The summed E-state index contributed by atoms with van der Waals surface area (Å²) in [6.45, 7) is -0.140. The van der Waals surface area contributed by atoms with Gasteiger partial charge in [-0.25, -0.2) is 4.68 Å². The highest BCUT2D eigenvalue weighted by molar-refractivity contribution is 5.95. The lowest BCUT2D eigenvalue weighted by molar-refractivity contribution is -0.142. The number of halogens is 3. The molecular formula is C15H14F3N3O3. The van der Waals surface area contributed by atoms with Gasteiger partial charge in [0.1, 0.15) is 0 Å². The third-order valence-electron chi connectivity index (χ3n) is 3.09. The van der Waals surface area contributed by atoms with E-state index >= 15 is 0 Å². The molecule has 2 rings (SSSR count). The average molecular weight is 341 g/mol. The number of esters is 1. The number of rotatable bonds is 5. The summed E-state index contributed by atoms with van der Waals surface area (Å²) in [4.78, 5) is 23.0. The Labute approximate surface area is 135 Å². The number of nitrogens with one attached hydrogen (secondary N) is 1. The van der Waals surface area contributed by atoms with E-state index < -0.39 is 29.3 Å². The quantitative estimate of drug-likeness (QED) is 0.846. The van der Waals surface area contributed by atoms with E-state index in [1.807, 2.05) is 0 Å². The van der Waals surface area contributed by atoms with Crippen LogP contribution in [0.25, 0.3) is 5.69 Å². The molecule has 0 fully saturated rings. The zero-order chi connectivity index (χ0) is 17.7. The van der Waals surface area contributed by atoms with Gasteiger partial charge in [0.15, 0.2) is 5.69 Å². The summed E-state index contributed by atoms with van der Waals surface area (Å²) >= 11 is 0. The molecule has 1 N–H and O–H groups in total. The third-order valence-corrected chi connectivity index (χ3v) is 3.09. The molecule has 0 aliphatic rings. The summed E-state index contributed by atoms with van der Waals surface area (Å²) in [5, 5.41) is 5.72. The highest BCUT2D eigenvalue weighted by Crippen LogP contribution is 2.31. The van der Waals surface area contributed by atoms with Gasteiger partial charge in [-0.1, -0.05) is 18.2 Å². The lowest BCUT2D eigenvalue weighted by Gasteiger charge is -2.06. The zero-order valence-electron chi connectivity index (χ0n) is 12.6. The minimum Gasteiger partial charge on any atom is -0.469 e. The first-order valence-electron chi connectivity index (χ1n) is 6.90. The second-order valence-corrected chi connectivity index (χ2v) is 4.75. The van der Waals surface area contributed by atoms with Crippen molar-refractivity contribution in [2.75, 3.05) is 13.7 Å². The van der Waals surface area contributed by atoms with Crippen molar-refractivity contribution in [3.63, 3.8) is 0 Å². The minimum absolute atomic E-state index is 0.140. The molecule has 1 aromatic carbocycles.